The molecule has 204 valence electrons. The molecule has 0 saturated heterocycles. The molecule has 0 aliphatic heterocycles. The van der Waals surface area contributed by atoms with E-state index in [1.807, 2.05) is 54.6 Å². The molecular formula is C31H28N2O7. The molecule has 0 aliphatic carbocycles. The topological polar surface area (TPSA) is 105 Å². The number of methoxy groups -OCH3 is 3. The fourth-order valence-corrected chi connectivity index (χ4v) is 3.72. The van der Waals surface area contributed by atoms with Crippen molar-refractivity contribution in [2.24, 2.45) is 5.10 Å². The zero-order valence-electron chi connectivity index (χ0n) is 22.2. The van der Waals surface area contributed by atoms with E-state index in [2.05, 4.69) is 10.5 Å². The summed E-state index contributed by atoms with van der Waals surface area (Å²) in [6, 6.07) is 27.1. The van der Waals surface area contributed by atoms with E-state index in [9.17, 15) is 9.59 Å². The highest BCUT2D eigenvalue weighted by Crippen LogP contribution is 2.38. The van der Waals surface area contributed by atoms with Crippen molar-refractivity contribution in [3.05, 3.63) is 102 Å². The Bertz CT molecular complexity index is 1440. The molecule has 40 heavy (non-hydrogen) atoms. The molecule has 9 nitrogen and oxygen atoms in total. The third kappa shape index (κ3) is 7.16. The minimum absolute atomic E-state index is 0.183. The Balaban J connectivity index is 1.26. The van der Waals surface area contributed by atoms with E-state index in [0.29, 0.717) is 34.3 Å². The number of esters is 1. The van der Waals surface area contributed by atoms with Crippen LogP contribution < -0.4 is 29.1 Å². The number of ether oxygens (including phenoxy) is 5. The highest BCUT2D eigenvalue weighted by Gasteiger charge is 2.18. The van der Waals surface area contributed by atoms with Gasteiger partial charge in [0.2, 0.25) is 5.75 Å². The molecule has 9 heteroatoms. The molecule has 4 aromatic carbocycles. The maximum atomic E-state index is 12.7. The van der Waals surface area contributed by atoms with Crippen LogP contribution in [0.25, 0.3) is 11.1 Å². The van der Waals surface area contributed by atoms with Gasteiger partial charge in [0, 0.05) is 0 Å². The smallest absolute Gasteiger partial charge is 0.343 e. The number of hydrazone groups is 1. The fourth-order valence-electron chi connectivity index (χ4n) is 3.72. The first-order valence-electron chi connectivity index (χ1n) is 12.2. The zero-order chi connectivity index (χ0) is 28.3. The summed E-state index contributed by atoms with van der Waals surface area (Å²) < 4.78 is 26.8. The third-order valence-electron chi connectivity index (χ3n) is 5.73. The van der Waals surface area contributed by atoms with Crippen LogP contribution in [0.1, 0.15) is 15.9 Å². The van der Waals surface area contributed by atoms with Crippen LogP contribution in [0.3, 0.4) is 0 Å². The van der Waals surface area contributed by atoms with Crippen molar-refractivity contribution in [3.63, 3.8) is 0 Å². The first-order valence-corrected chi connectivity index (χ1v) is 12.2. The maximum Gasteiger partial charge on any atom is 0.343 e. The predicted octanol–water partition coefficient (Wildman–Crippen LogP) is 5.13. The van der Waals surface area contributed by atoms with Gasteiger partial charge in [0.1, 0.15) is 11.5 Å². The van der Waals surface area contributed by atoms with Gasteiger partial charge >= 0.3 is 5.97 Å². The van der Waals surface area contributed by atoms with Gasteiger partial charge in [-0.1, -0.05) is 42.5 Å². The van der Waals surface area contributed by atoms with Crippen LogP contribution in [0.2, 0.25) is 0 Å². The van der Waals surface area contributed by atoms with Crippen LogP contribution >= 0.6 is 0 Å². The number of hydrogen-bond donors (Lipinski definition) is 1. The van der Waals surface area contributed by atoms with Crippen LogP contribution in [0, 0.1) is 0 Å². The van der Waals surface area contributed by atoms with Crippen molar-refractivity contribution in [1.82, 2.24) is 5.43 Å². The third-order valence-corrected chi connectivity index (χ3v) is 5.73. The quantitative estimate of drug-likeness (QED) is 0.122. The Kier molecular flexibility index (Phi) is 9.34. The number of nitrogens with zero attached hydrogens (tertiary/aromatic N) is 1. The van der Waals surface area contributed by atoms with Gasteiger partial charge < -0.3 is 23.7 Å². The molecule has 1 N–H and O–H groups in total. The molecular weight excluding hydrogens is 512 g/mol. The lowest BCUT2D eigenvalue weighted by Gasteiger charge is -2.13. The second kappa shape index (κ2) is 13.5. The number of nitrogens with one attached hydrogen (secondary N) is 1. The van der Waals surface area contributed by atoms with Crippen molar-refractivity contribution in [2.45, 2.75) is 0 Å². The summed E-state index contributed by atoms with van der Waals surface area (Å²) in [4.78, 5) is 24.8. The lowest BCUT2D eigenvalue weighted by atomic mass is 10.1. The Morgan fingerprint density at radius 2 is 1.35 bits per heavy atom. The van der Waals surface area contributed by atoms with Gasteiger partial charge in [-0.3, -0.25) is 4.79 Å². The van der Waals surface area contributed by atoms with Crippen LogP contribution in [0.4, 0.5) is 0 Å². The van der Waals surface area contributed by atoms with Gasteiger partial charge in [-0.25, -0.2) is 10.2 Å². The first kappa shape index (κ1) is 27.7. The van der Waals surface area contributed by atoms with Gasteiger partial charge in [-0.15, -0.1) is 0 Å². The largest absolute Gasteiger partial charge is 0.493 e. The minimum atomic E-state index is -0.595. The summed E-state index contributed by atoms with van der Waals surface area (Å²) in [7, 11) is 4.41. The van der Waals surface area contributed by atoms with Gasteiger partial charge in [0.05, 0.1) is 33.1 Å². The Morgan fingerprint density at radius 1 is 0.750 bits per heavy atom. The SMILES string of the molecule is COc1cc(C(=O)Oc2ccc(/C=N/NC(=O)COc3ccc(-c4ccccc4)cc3)cc2)cc(OC)c1OC. The number of rotatable bonds is 11. The van der Waals surface area contributed by atoms with Gasteiger partial charge in [0.15, 0.2) is 18.1 Å². The van der Waals surface area contributed by atoms with Gasteiger partial charge in [-0.2, -0.15) is 5.10 Å². The Morgan fingerprint density at radius 3 is 1.95 bits per heavy atom. The zero-order valence-corrected chi connectivity index (χ0v) is 22.2. The van der Waals surface area contributed by atoms with E-state index in [-0.39, 0.29) is 12.2 Å². The number of benzene rings is 4. The second-order valence-electron chi connectivity index (χ2n) is 8.34. The van der Waals surface area contributed by atoms with Crippen molar-refractivity contribution in [2.75, 3.05) is 27.9 Å². The summed E-state index contributed by atoms with van der Waals surface area (Å²) in [6.45, 7) is -0.183. The van der Waals surface area contributed by atoms with Crippen LogP contribution in [0.15, 0.2) is 96.1 Å². The number of hydrogen-bond acceptors (Lipinski definition) is 8. The highest BCUT2D eigenvalue weighted by molar-refractivity contribution is 5.93. The van der Waals surface area contributed by atoms with E-state index in [4.69, 9.17) is 23.7 Å². The number of carbonyl (C=O) groups excluding carboxylic acids is 2. The molecule has 0 heterocycles. The molecule has 0 saturated carbocycles. The van der Waals surface area contributed by atoms with Crippen LogP contribution in [-0.4, -0.2) is 46.0 Å². The molecule has 0 spiro atoms. The fraction of sp³-hybridized carbons (Fsp3) is 0.129. The van der Waals surface area contributed by atoms with Crippen LogP contribution in [-0.2, 0) is 4.79 Å². The molecule has 0 atom stereocenters. The Labute approximate surface area is 231 Å². The average molecular weight is 541 g/mol. The number of carbonyl (C=O) groups is 2. The maximum absolute atomic E-state index is 12.7. The van der Waals surface area contributed by atoms with Crippen molar-refractivity contribution in [3.8, 4) is 39.9 Å². The molecule has 4 aromatic rings. The van der Waals surface area contributed by atoms with Crippen molar-refractivity contribution in [1.29, 1.82) is 0 Å². The molecule has 0 aromatic heterocycles. The average Bonchev–Trinajstić information content (AvgIpc) is 3.00. The Hall–Kier alpha value is -5.31. The minimum Gasteiger partial charge on any atom is -0.493 e. The molecule has 0 fully saturated rings. The molecule has 4 rings (SSSR count). The van der Waals surface area contributed by atoms with Crippen molar-refractivity contribution >= 4 is 18.1 Å². The van der Waals surface area contributed by atoms with E-state index in [1.165, 1.54) is 39.7 Å². The summed E-state index contributed by atoms with van der Waals surface area (Å²) in [5.41, 5.74) is 5.51. The highest BCUT2D eigenvalue weighted by atomic mass is 16.5. The van der Waals surface area contributed by atoms with Gasteiger partial charge in [0.25, 0.3) is 5.91 Å². The standard InChI is InChI=1S/C31H28N2O7/c1-36-27-17-24(18-28(37-2)30(27)38-3)31(35)40-26-13-9-21(10-14-26)19-32-33-29(34)20-39-25-15-11-23(12-16-25)22-7-5-4-6-8-22/h4-19H,20H2,1-3H3,(H,33,34)/b32-19+. The van der Waals surface area contributed by atoms with E-state index in [0.717, 1.165) is 11.1 Å². The number of amides is 1. The molecule has 0 bridgehead atoms. The lowest BCUT2D eigenvalue weighted by Crippen LogP contribution is -2.24. The van der Waals surface area contributed by atoms with Crippen LogP contribution in [0.5, 0.6) is 28.7 Å². The van der Waals surface area contributed by atoms with E-state index < -0.39 is 11.9 Å². The van der Waals surface area contributed by atoms with Crippen molar-refractivity contribution < 1.29 is 33.3 Å². The molecule has 0 unspecified atom stereocenters. The summed E-state index contributed by atoms with van der Waals surface area (Å²) in [5.74, 6) is 0.966. The van der Waals surface area contributed by atoms with E-state index >= 15 is 0 Å². The molecule has 1 amide bonds. The first-order chi connectivity index (χ1) is 19.5. The summed E-state index contributed by atoms with van der Waals surface area (Å²) in [5, 5.41) is 3.95. The normalized spacial score (nSPS) is 10.6. The van der Waals surface area contributed by atoms with E-state index in [1.54, 1.807) is 24.3 Å². The molecule has 0 aliphatic rings. The van der Waals surface area contributed by atoms with Gasteiger partial charge in [-0.05, 0) is 65.2 Å². The lowest BCUT2D eigenvalue weighted by molar-refractivity contribution is -0.123. The summed E-state index contributed by atoms with van der Waals surface area (Å²) >= 11 is 0. The monoisotopic (exact) mass is 540 g/mol. The summed E-state index contributed by atoms with van der Waals surface area (Å²) in [6.07, 6.45) is 1.47. The molecule has 0 radical (unpaired) electrons. The second-order valence-corrected chi connectivity index (χ2v) is 8.34. The predicted molar refractivity (Wildman–Crippen MR) is 151 cm³/mol.